The smallest absolute Gasteiger partial charge is 0.315 e. The van der Waals surface area contributed by atoms with Crippen molar-refractivity contribution in [2.24, 2.45) is 22.7 Å². The molecule has 1 heterocycles. The van der Waals surface area contributed by atoms with E-state index >= 15 is 0 Å². The van der Waals surface area contributed by atoms with Gasteiger partial charge in [0.1, 0.15) is 0 Å². The van der Waals surface area contributed by atoms with Gasteiger partial charge in [-0.1, -0.05) is 105 Å². The Balaban J connectivity index is 1.05. The maximum Gasteiger partial charge on any atom is 0.315 e. The molecule has 0 saturated heterocycles. The van der Waals surface area contributed by atoms with E-state index in [0.717, 1.165) is 38.8 Å². The van der Waals surface area contributed by atoms with E-state index in [1.807, 2.05) is 0 Å². The maximum atomic E-state index is 15.0. The van der Waals surface area contributed by atoms with Crippen molar-refractivity contribution in [1.29, 1.82) is 0 Å². The number of aromatic nitrogens is 3. The van der Waals surface area contributed by atoms with Crippen molar-refractivity contribution < 1.29 is 4.39 Å². The number of rotatable bonds is 8. The summed E-state index contributed by atoms with van der Waals surface area (Å²) < 4.78 is 15.0. The van der Waals surface area contributed by atoms with Crippen molar-refractivity contribution in [1.82, 2.24) is 15.0 Å². The molecule has 7 rings (SSSR count). The minimum atomic E-state index is -0.725. The molecule has 3 aromatic rings. The molecule has 2 saturated carbocycles. The van der Waals surface area contributed by atoms with E-state index in [4.69, 9.17) is 4.98 Å². The summed E-state index contributed by atoms with van der Waals surface area (Å²) in [6, 6.07) is 14.5. The number of fused-ring (bicyclic) bond motifs is 6. The zero-order chi connectivity index (χ0) is 34.8. The Bertz CT molecular complexity index is 1580. The van der Waals surface area contributed by atoms with Crippen molar-refractivity contribution >= 4 is 11.9 Å². The summed E-state index contributed by atoms with van der Waals surface area (Å²) in [4.78, 5) is 13.0. The van der Waals surface area contributed by atoms with Crippen molar-refractivity contribution in [2.75, 3.05) is 23.7 Å². The van der Waals surface area contributed by atoms with Crippen LogP contribution in [-0.2, 0) is 23.7 Å². The van der Waals surface area contributed by atoms with Crippen LogP contribution in [0, 0.1) is 28.7 Å². The molecule has 5 nitrogen and oxygen atoms in total. The van der Waals surface area contributed by atoms with E-state index in [-0.39, 0.29) is 21.7 Å². The fourth-order valence-electron chi connectivity index (χ4n) is 11.5. The molecule has 2 fully saturated rings. The molecule has 6 atom stereocenters. The summed E-state index contributed by atoms with van der Waals surface area (Å²) >= 11 is 0. The van der Waals surface area contributed by atoms with E-state index in [2.05, 4.69) is 112 Å². The molecular formula is C43H60FN5. The average molecular weight is 666 g/mol. The molecule has 264 valence electrons. The van der Waals surface area contributed by atoms with Crippen molar-refractivity contribution in [3.05, 3.63) is 75.9 Å². The summed E-state index contributed by atoms with van der Waals surface area (Å²) in [5.41, 5.74) is 9.48. The van der Waals surface area contributed by atoms with Crippen molar-refractivity contribution in [3.8, 4) is 0 Å². The first-order valence-electron chi connectivity index (χ1n) is 19.4. The third-order valence-corrected chi connectivity index (χ3v) is 14.2. The van der Waals surface area contributed by atoms with Crippen LogP contribution in [0.1, 0.15) is 152 Å². The highest BCUT2D eigenvalue weighted by molar-refractivity contribution is 5.44. The van der Waals surface area contributed by atoms with Crippen LogP contribution in [0.4, 0.5) is 16.3 Å². The first-order chi connectivity index (χ1) is 23.2. The molecule has 0 unspecified atom stereocenters. The Hall–Kier alpha value is -3.02. The quantitative estimate of drug-likeness (QED) is 0.251. The van der Waals surface area contributed by atoms with Crippen LogP contribution in [0.15, 0.2) is 36.4 Å². The van der Waals surface area contributed by atoms with Gasteiger partial charge in [0.2, 0.25) is 11.9 Å². The Morgan fingerprint density at radius 1 is 0.653 bits per heavy atom. The highest BCUT2D eigenvalue weighted by Gasteiger charge is 2.53. The molecule has 1 aromatic heterocycles. The standard InChI is InChI=1S/C43H60FN5/c1-27(2)29-11-15-33-31(23-29)13-17-35-40(5,19-9-21-42(33,35)7)25-45-38-47-37(44)48-39(49-38)46-26-41(6)20-10-22-43(8)34-16-12-30(28(3)4)24-32(34)14-18-36(41)43/h11-12,15-16,23-24,27-28,35-36H,9-10,13-14,17-22,25-26H2,1-8H3,(H2,45,46,47,48,49)/t35-,36-,40+,41+,42+,43+/m0/s1. The lowest BCUT2D eigenvalue weighted by molar-refractivity contribution is 0.0357. The largest absolute Gasteiger partial charge is 0.353 e. The molecule has 2 aromatic carbocycles. The first kappa shape index (κ1) is 34.4. The van der Waals surface area contributed by atoms with Crippen LogP contribution < -0.4 is 10.6 Å². The predicted octanol–water partition coefficient (Wildman–Crippen LogP) is 10.5. The highest BCUT2D eigenvalue weighted by Crippen LogP contribution is 2.59. The molecule has 2 N–H and O–H groups in total. The van der Waals surface area contributed by atoms with Crippen molar-refractivity contribution in [2.45, 2.75) is 142 Å². The van der Waals surface area contributed by atoms with Crippen molar-refractivity contribution in [3.63, 3.8) is 0 Å². The Morgan fingerprint density at radius 2 is 1.08 bits per heavy atom. The van der Waals surface area contributed by atoms with Crippen LogP contribution in [-0.4, -0.2) is 28.0 Å². The van der Waals surface area contributed by atoms with E-state index in [0.29, 0.717) is 35.6 Å². The van der Waals surface area contributed by atoms with Crippen LogP contribution in [0.25, 0.3) is 0 Å². The summed E-state index contributed by atoms with van der Waals surface area (Å²) in [6.07, 6.45) is 11.0. The molecule has 6 heteroatoms. The van der Waals surface area contributed by atoms with E-state index in [9.17, 15) is 4.39 Å². The summed E-state index contributed by atoms with van der Waals surface area (Å²) in [5, 5.41) is 7.03. The molecule has 0 aliphatic heterocycles. The second kappa shape index (κ2) is 12.6. The summed E-state index contributed by atoms with van der Waals surface area (Å²) in [5.74, 6) is 2.86. The van der Waals surface area contributed by atoms with E-state index < -0.39 is 6.08 Å². The Morgan fingerprint density at radius 3 is 1.49 bits per heavy atom. The maximum absolute atomic E-state index is 15.0. The Labute approximate surface area is 295 Å². The third-order valence-electron chi connectivity index (χ3n) is 14.2. The SMILES string of the molecule is CC(C)c1ccc2c(c1)CC[C@H]1[C@@](C)(CNc3nc(F)nc(NC[C@@]4(C)CCC[C@]5(C)c6ccc(C(C)C)cc6CC[C@@H]45)n3)CCC[C@]21C. The number of hydrogen-bond acceptors (Lipinski definition) is 5. The molecule has 0 amide bonds. The van der Waals surface area contributed by atoms with Crippen LogP contribution in [0.3, 0.4) is 0 Å². The zero-order valence-corrected chi connectivity index (χ0v) is 31.5. The van der Waals surface area contributed by atoms with E-state index in [1.165, 1.54) is 49.7 Å². The summed E-state index contributed by atoms with van der Waals surface area (Å²) in [6.45, 7) is 20.4. The lowest BCUT2D eigenvalue weighted by atomic mass is 9.49. The van der Waals surface area contributed by atoms with Gasteiger partial charge in [-0.2, -0.15) is 19.3 Å². The normalized spacial score (nSPS) is 32.2. The number of aryl methyl sites for hydroxylation is 2. The number of halogens is 1. The number of nitrogens with zero attached hydrogens (tertiary/aromatic N) is 3. The topological polar surface area (TPSA) is 62.7 Å². The van der Waals surface area contributed by atoms with Gasteiger partial charge in [-0.15, -0.1) is 0 Å². The fourth-order valence-corrected chi connectivity index (χ4v) is 11.5. The zero-order valence-electron chi connectivity index (χ0n) is 31.5. The second-order valence-electron chi connectivity index (χ2n) is 18.1. The van der Waals surface area contributed by atoms with Crippen LogP contribution in [0.5, 0.6) is 0 Å². The number of nitrogens with one attached hydrogen (secondary N) is 2. The van der Waals surface area contributed by atoms with Gasteiger partial charge < -0.3 is 10.6 Å². The summed E-state index contributed by atoms with van der Waals surface area (Å²) in [7, 11) is 0. The number of benzene rings is 2. The minimum Gasteiger partial charge on any atom is -0.353 e. The van der Waals surface area contributed by atoms with Gasteiger partial charge in [-0.05, 0) is 130 Å². The van der Waals surface area contributed by atoms with Gasteiger partial charge in [0.25, 0.3) is 0 Å². The van der Waals surface area contributed by atoms with Gasteiger partial charge in [-0.3, -0.25) is 0 Å². The predicted molar refractivity (Wildman–Crippen MR) is 200 cm³/mol. The Kier molecular flexibility index (Phi) is 8.88. The number of hydrogen-bond donors (Lipinski definition) is 2. The van der Waals surface area contributed by atoms with Crippen LogP contribution in [0.2, 0.25) is 0 Å². The van der Waals surface area contributed by atoms with Gasteiger partial charge in [0, 0.05) is 13.1 Å². The van der Waals surface area contributed by atoms with Crippen LogP contribution >= 0.6 is 0 Å². The lowest BCUT2D eigenvalue weighted by Gasteiger charge is -2.55. The molecule has 49 heavy (non-hydrogen) atoms. The fraction of sp³-hybridized carbons (Fsp3) is 0.651. The van der Waals surface area contributed by atoms with E-state index in [1.54, 1.807) is 22.3 Å². The highest BCUT2D eigenvalue weighted by atomic mass is 19.1. The van der Waals surface area contributed by atoms with Gasteiger partial charge >= 0.3 is 6.08 Å². The molecular weight excluding hydrogens is 606 g/mol. The van der Waals surface area contributed by atoms with Gasteiger partial charge in [-0.25, -0.2) is 0 Å². The molecule has 0 radical (unpaired) electrons. The third kappa shape index (κ3) is 6.07. The lowest BCUT2D eigenvalue weighted by Crippen LogP contribution is -2.51. The van der Waals surface area contributed by atoms with Gasteiger partial charge in [0.15, 0.2) is 0 Å². The molecule has 4 aliphatic carbocycles. The monoisotopic (exact) mass is 665 g/mol. The first-order valence-corrected chi connectivity index (χ1v) is 19.4. The molecule has 0 bridgehead atoms. The second-order valence-corrected chi connectivity index (χ2v) is 18.1. The average Bonchev–Trinajstić information content (AvgIpc) is 3.06. The minimum absolute atomic E-state index is 0.0609. The molecule has 4 aliphatic rings. The number of anilines is 2. The molecule has 0 spiro atoms. The van der Waals surface area contributed by atoms with Gasteiger partial charge in [0.05, 0.1) is 0 Å².